The molecule has 0 aliphatic carbocycles. The minimum absolute atomic E-state index is 0.0352. The molecule has 0 atom stereocenters. The molecule has 4 aromatic rings. The van der Waals surface area contributed by atoms with Gasteiger partial charge in [0.15, 0.2) is 11.5 Å². The highest BCUT2D eigenvalue weighted by Crippen LogP contribution is 2.31. The van der Waals surface area contributed by atoms with E-state index >= 15 is 0 Å². The fourth-order valence-corrected chi connectivity index (χ4v) is 3.29. The number of aromatic nitrogens is 5. The van der Waals surface area contributed by atoms with E-state index in [1.165, 1.54) is 23.7 Å². The topological polar surface area (TPSA) is 76.5 Å². The van der Waals surface area contributed by atoms with Crippen LogP contribution in [0.3, 0.4) is 0 Å². The second-order valence-electron chi connectivity index (χ2n) is 5.92. The zero-order valence-corrected chi connectivity index (χ0v) is 15.6. The van der Waals surface area contributed by atoms with Crippen LogP contribution in [0.2, 0.25) is 0 Å². The van der Waals surface area contributed by atoms with Gasteiger partial charge >= 0.3 is 6.18 Å². The van der Waals surface area contributed by atoms with Crippen LogP contribution in [0.25, 0.3) is 22.0 Å². The molecule has 0 radical (unpaired) electrons. The molecule has 0 fully saturated rings. The SMILES string of the molecule is FC(F)(F)c1cc(NCc2nnc(-c3ccccc3)s2)nc(-c2ccncc2)n1. The van der Waals surface area contributed by atoms with E-state index in [9.17, 15) is 13.2 Å². The first-order valence-electron chi connectivity index (χ1n) is 8.47. The fourth-order valence-electron chi connectivity index (χ4n) is 2.50. The van der Waals surface area contributed by atoms with E-state index in [2.05, 4.69) is 30.5 Å². The van der Waals surface area contributed by atoms with E-state index in [-0.39, 0.29) is 18.2 Å². The number of nitrogens with zero attached hydrogens (tertiary/aromatic N) is 5. The normalized spacial score (nSPS) is 11.4. The summed E-state index contributed by atoms with van der Waals surface area (Å²) in [6.07, 6.45) is -1.65. The van der Waals surface area contributed by atoms with Crippen molar-refractivity contribution in [2.24, 2.45) is 0 Å². The zero-order valence-electron chi connectivity index (χ0n) is 14.8. The number of hydrogen-bond donors (Lipinski definition) is 1. The van der Waals surface area contributed by atoms with E-state index < -0.39 is 11.9 Å². The van der Waals surface area contributed by atoms with Crippen molar-refractivity contribution in [1.29, 1.82) is 0 Å². The summed E-state index contributed by atoms with van der Waals surface area (Å²) in [6, 6.07) is 13.5. The lowest BCUT2D eigenvalue weighted by atomic mass is 10.2. The highest BCUT2D eigenvalue weighted by molar-refractivity contribution is 7.14. The van der Waals surface area contributed by atoms with E-state index in [4.69, 9.17) is 0 Å². The van der Waals surface area contributed by atoms with Crippen LogP contribution in [0.1, 0.15) is 10.7 Å². The molecule has 29 heavy (non-hydrogen) atoms. The maximum absolute atomic E-state index is 13.3. The van der Waals surface area contributed by atoms with Crippen molar-refractivity contribution in [3.63, 3.8) is 0 Å². The first-order chi connectivity index (χ1) is 14.0. The van der Waals surface area contributed by atoms with E-state index in [1.54, 1.807) is 12.1 Å². The standard InChI is InChI=1S/C19H13F3N6S/c20-19(21,22)14-10-15(26-17(25-14)12-6-8-23-9-7-12)24-11-16-27-28-18(29-16)13-4-2-1-3-5-13/h1-10H,11H2,(H,24,25,26). The van der Waals surface area contributed by atoms with Crippen molar-refractivity contribution in [3.05, 3.63) is 71.6 Å². The Morgan fingerprint density at radius 3 is 2.38 bits per heavy atom. The van der Waals surface area contributed by atoms with Crippen LogP contribution >= 0.6 is 11.3 Å². The minimum atomic E-state index is -4.59. The Labute approximate surface area is 167 Å². The molecule has 6 nitrogen and oxygen atoms in total. The summed E-state index contributed by atoms with van der Waals surface area (Å²) in [4.78, 5) is 11.7. The predicted octanol–water partition coefficient (Wildman–Crippen LogP) is 4.69. The molecule has 0 spiro atoms. The Bertz CT molecular complexity index is 1100. The summed E-state index contributed by atoms with van der Waals surface area (Å²) < 4.78 is 39.8. The first kappa shape index (κ1) is 18.9. The van der Waals surface area contributed by atoms with Gasteiger partial charge in [-0.3, -0.25) is 4.98 Å². The third-order valence-corrected chi connectivity index (χ3v) is 4.84. The lowest BCUT2D eigenvalue weighted by Gasteiger charge is -2.11. The summed E-state index contributed by atoms with van der Waals surface area (Å²) in [5.41, 5.74) is 0.345. The van der Waals surface area contributed by atoms with Gasteiger partial charge in [-0.05, 0) is 12.1 Å². The zero-order chi connectivity index (χ0) is 20.3. The lowest BCUT2D eigenvalue weighted by Crippen LogP contribution is -2.12. The van der Waals surface area contributed by atoms with Crippen molar-refractivity contribution >= 4 is 17.2 Å². The van der Waals surface area contributed by atoms with Crippen molar-refractivity contribution in [3.8, 4) is 22.0 Å². The number of benzene rings is 1. The van der Waals surface area contributed by atoms with Crippen molar-refractivity contribution < 1.29 is 13.2 Å². The second-order valence-corrected chi connectivity index (χ2v) is 6.98. The summed E-state index contributed by atoms with van der Waals surface area (Å²) in [5.74, 6) is 0.0163. The number of hydrogen-bond acceptors (Lipinski definition) is 7. The molecule has 3 heterocycles. The van der Waals surface area contributed by atoms with E-state index in [1.807, 2.05) is 30.3 Å². The van der Waals surface area contributed by atoms with Gasteiger partial charge in [0.25, 0.3) is 0 Å². The van der Waals surface area contributed by atoms with Gasteiger partial charge in [0, 0.05) is 29.6 Å². The van der Waals surface area contributed by atoms with Gasteiger partial charge in [-0.15, -0.1) is 10.2 Å². The number of anilines is 1. The molecular weight excluding hydrogens is 401 g/mol. The lowest BCUT2D eigenvalue weighted by molar-refractivity contribution is -0.141. The molecule has 3 aromatic heterocycles. The van der Waals surface area contributed by atoms with Crippen LogP contribution in [0.5, 0.6) is 0 Å². The van der Waals surface area contributed by atoms with Crippen LogP contribution < -0.4 is 5.32 Å². The third-order valence-electron chi connectivity index (χ3n) is 3.86. The monoisotopic (exact) mass is 414 g/mol. The Balaban J connectivity index is 1.58. The molecule has 0 aliphatic heterocycles. The molecule has 0 saturated carbocycles. The predicted molar refractivity (Wildman–Crippen MR) is 103 cm³/mol. The van der Waals surface area contributed by atoms with Crippen LogP contribution in [0, 0.1) is 0 Å². The molecule has 0 aliphatic rings. The molecule has 0 saturated heterocycles. The Morgan fingerprint density at radius 1 is 0.897 bits per heavy atom. The third kappa shape index (κ3) is 4.54. The fraction of sp³-hybridized carbons (Fsp3) is 0.105. The second kappa shape index (κ2) is 7.92. The molecule has 1 N–H and O–H groups in total. The Hall–Kier alpha value is -3.40. The van der Waals surface area contributed by atoms with Gasteiger partial charge in [-0.1, -0.05) is 41.7 Å². The molecule has 146 valence electrons. The molecule has 0 amide bonds. The highest BCUT2D eigenvalue weighted by Gasteiger charge is 2.33. The largest absolute Gasteiger partial charge is 0.433 e. The average Bonchev–Trinajstić information content (AvgIpc) is 3.22. The minimum Gasteiger partial charge on any atom is -0.363 e. The number of halogens is 3. The average molecular weight is 414 g/mol. The van der Waals surface area contributed by atoms with Gasteiger partial charge < -0.3 is 5.32 Å². The quantitative estimate of drug-likeness (QED) is 0.511. The number of rotatable bonds is 5. The molecular formula is C19H13F3N6S. The summed E-state index contributed by atoms with van der Waals surface area (Å²) in [7, 11) is 0. The smallest absolute Gasteiger partial charge is 0.363 e. The van der Waals surface area contributed by atoms with Gasteiger partial charge in [-0.2, -0.15) is 13.2 Å². The Kier molecular flexibility index (Phi) is 5.17. The van der Waals surface area contributed by atoms with Crippen LogP contribution in [0.4, 0.5) is 19.0 Å². The molecule has 4 rings (SSSR count). The van der Waals surface area contributed by atoms with Crippen molar-refractivity contribution in [2.75, 3.05) is 5.32 Å². The molecule has 0 unspecified atom stereocenters. The highest BCUT2D eigenvalue weighted by atomic mass is 32.1. The first-order valence-corrected chi connectivity index (χ1v) is 9.29. The van der Waals surface area contributed by atoms with E-state index in [0.717, 1.165) is 16.6 Å². The van der Waals surface area contributed by atoms with Crippen molar-refractivity contribution in [1.82, 2.24) is 25.1 Å². The van der Waals surface area contributed by atoms with Gasteiger partial charge in [-0.25, -0.2) is 9.97 Å². The summed E-state index contributed by atoms with van der Waals surface area (Å²) >= 11 is 1.36. The van der Waals surface area contributed by atoms with Crippen LogP contribution in [-0.2, 0) is 12.7 Å². The van der Waals surface area contributed by atoms with Gasteiger partial charge in [0.2, 0.25) is 0 Å². The van der Waals surface area contributed by atoms with Gasteiger partial charge in [0.1, 0.15) is 15.8 Å². The van der Waals surface area contributed by atoms with Crippen LogP contribution in [0.15, 0.2) is 60.9 Å². The maximum Gasteiger partial charge on any atom is 0.433 e. The molecule has 10 heteroatoms. The molecule has 1 aromatic carbocycles. The Morgan fingerprint density at radius 2 is 1.66 bits per heavy atom. The number of pyridine rings is 1. The summed E-state index contributed by atoms with van der Waals surface area (Å²) in [6.45, 7) is 0.189. The van der Waals surface area contributed by atoms with Crippen LogP contribution in [-0.4, -0.2) is 25.1 Å². The summed E-state index contributed by atoms with van der Waals surface area (Å²) in [5, 5.41) is 12.5. The number of nitrogens with one attached hydrogen (secondary N) is 1. The van der Waals surface area contributed by atoms with E-state index in [0.29, 0.717) is 10.6 Å². The molecule has 0 bridgehead atoms. The van der Waals surface area contributed by atoms with Gasteiger partial charge in [0.05, 0.1) is 6.54 Å². The van der Waals surface area contributed by atoms with Crippen molar-refractivity contribution in [2.45, 2.75) is 12.7 Å². The number of alkyl halides is 3. The maximum atomic E-state index is 13.3.